The Balaban J connectivity index is 2.31. The number of hydrogen-bond donors (Lipinski definition) is 1. The number of hydrogen-bond acceptors (Lipinski definition) is 4. The number of aromatic nitrogens is 2. The molecule has 0 aliphatic carbocycles. The van der Waals surface area contributed by atoms with Gasteiger partial charge in [-0.15, -0.1) is 10.2 Å². The number of nitrogens with one attached hydrogen (secondary N) is 1. The smallest absolute Gasteiger partial charge is 0.147 e. The van der Waals surface area contributed by atoms with E-state index in [9.17, 15) is 0 Å². The van der Waals surface area contributed by atoms with Gasteiger partial charge < -0.3 is 5.32 Å². The first-order chi connectivity index (χ1) is 7.70. The molecule has 1 aromatic carbocycles. The predicted molar refractivity (Wildman–Crippen MR) is 67.6 cm³/mol. The van der Waals surface area contributed by atoms with Crippen molar-refractivity contribution in [3.63, 3.8) is 0 Å². The molecule has 0 aliphatic rings. The zero-order valence-corrected chi connectivity index (χ0v) is 10.5. The van der Waals surface area contributed by atoms with Crippen LogP contribution in [-0.2, 0) is 0 Å². The SMILES string of the molecule is CNC(C)c1nnc(-c2cccc(C)c2)s1. The Bertz CT molecular complexity index is 479. The van der Waals surface area contributed by atoms with Crippen LogP contribution in [0.1, 0.15) is 23.5 Å². The molecule has 0 bridgehead atoms. The van der Waals surface area contributed by atoms with Gasteiger partial charge in [-0.25, -0.2) is 0 Å². The molecule has 2 rings (SSSR count). The van der Waals surface area contributed by atoms with E-state index >= 15 is 0 Å². The zero-order chi connectivity index (χ0) is 11.5. The minimum Gasteiger partial charge on any atom is -0.311 e. The third kappa shape index (κ3) is 2.28. The molecule has 1 atom stereocenters. The highest BCUT2D eigenvalue weighted by molar-refractivity contribution is 7.14. The maximum absolute atomic E-state index is 4.23. The first kappa shape index (κ1) is 11.2. The van der Waals surface area contributed by atoms with Crippen molar-refractivity contribution in [1.82, 2.24) is 15.5 Å². The second-order valence-corrected chi connectivity index (χ2v) is 4.83. The standard InChI is InChI=1S/C12H15N3S/c1-8-5-4-6-10(7-8)12-15-14-11(16-12)9(2)13-3/h4-7,9,13H,1-3H3. The van der Waals surface area contributed by atoms with Crippen LogP contribution in [0.4, 0.5) is 0 Å². The topological polar surface area (TPSA) is 37.8 Å². The highest BCUT2D eigenvalue weighted by Gasteiger charge is 2.11. The molecule has 1 N–H and O–H groups in total. The summed E-state index contributed by atoms with van der Waals surface area (Å²) >= 11 is 1.64. The Labute approximate surface area is 99.5 Å². The molecule has 0 spiro atoms. The lowest BCUT2D eigenvalue weighted by atomic mass is 10.1. The van der Waals surface area contributed by atoms with Gasteiger partial charge in [-0.05, 0) is 27.0 Å². The average molecular weight is 233 g/mol. The van der Waals surface area contributed by atoms with Crippen LogP contribution in [0, 0.1) is 6.92 Å². The highest BCUT2D eigenvalue weighted by atomic mass is 32.1. The molecule has 0 saturated carbocycles. The van der Waals surface area contributed by atoms with Gasteiger partial charge >= 0.3 is 0 Å². The van der Waals surface area contributed by atoms with Crippen molar-refractivity contribution in [2.75, 3.05) is 7.05 Å². The predicted octanol–water partition coefficient (Wildman–Crippen LogP) is 2.79. The summed E-state index contributed by atoms with van der Waals surface area (Å²) in [5, 5.41) is 13.6. The fourth-order valence-corrected chi connectivity index (χ4v) is 2.33. The van der Waals surface area contributed by atoms with Crippen LogP contribution in [0.3, 0.4) is 0 Å². The van der Waals surface area contributed by atoms with Crippen molar-refractivity contribution >= 4 is 11.3 Å². The molecule has 84 valence electrons. The van der Waals surface area contributed by atoms with Crippen molar-refractivity contribution in [1.29, 1.82) is 0 Å². The molecule has 0 amide bonds. The van der Waals surface area contributed by atoms with E-state index in [1.165, 1.54) is 5.56 Å². The molecule has 0 saturated heterocycles. The molecule has 1 heterocycles. The Hall–Kier alpha value is -1.26. The van der Waals surface area contributed by atoms with Gasteiger partial charge in [0.15, 0.2) is 0 Å². The summed E-state index contributed by atoms with van der Waals surface area (Å²) in [5.74, 6) is 0. The van der Waals surface area contributed by atoms with Crippen molar-refractivity contribution in [3.05, 3.63) is 34.8 Å². The minimum absolute atomic E-state index is 0.260. The molecule has 1 unspecified atom stereocenters. The van der Waals surface area contributed by atoms with Crippen molar-refractivity contribution in [2.45, 2.75) is 19.9 Å². The molecular weight excluding hydrogens is 218 g/mol. The maximum Gasteiger partial charge on any atom is 0.147 e. The van der Waals surface area contributed by atoms with Crippen LogP contribution in [0.15, 0.2) is 24.3 Å². The maximum atomic E-state index is 4.23. The summed E-state index contributed by atoms with van der Waals surface area (Å²) in [6, 6.07) is 8.60. The average Bonchev–Trinajstić information content (AvgIpc) is 2.77. The molecule has 0 fully saturated rings. The van der Waals surface area contributed by atoms with E-state index in [-0.39, 0.29) is 6.04 Å². The quantitative estimate of drug-likeness (QED) is 0.885. The summed E-state index contributed by atoms with van der Waals surface area (Å²) in [4.78, 5) is 0. The Morgan fingerprint density at radius 3 is 2.81 bits per heavy atom. The number of rotatable bonds is 3. The van der Waals surface area contributed by atoms with E-state index in [1.807, 2.05) is 13.1 Å². The second kappa shape index (κ2) is 4.72. The fourth-order valence-electron chi connectivity index (χ4n) is 1.43. The van der Waals surface area contributed by atoms with Gasteiger partial charge in [-0.3, -0.25) is 0 Å². The fraction of sp³-hybridized carbons (Fsp3) is 0.333. The third-order valence-corrected chi connectivity index (χ3v) is 3.66. The van der Waals surface area contributed by atoms with E-state index in [1.54, 1.807) is 11.3 Å². The lowest BCUT2D eigenvalue weighted by Gasteiger charge is -2.02. The van der Waals surface area contributed by atoms with Gasteiger partial charge in [0.2, 0.25) is 0 Å². The summed E-state index contributed by atoms with van der Waals surface area (Å²) < 4.78 is 0. The molecule has 1 aromatic heterocycles. The van der Waals surface area contributed by atoms with Crippen LogP contribution in [0.5, 0.6) is 0 Å². The van der Waals surface area contributed by atoms with Crippen LogP contribution < -0.4 is 5.32 Å². The third-order valence-electron chi connectivity index (χ3n) is 2.51. The van der Waals surface area contributed by atoms with Crippen molar-refractivity contribution < 1.29 is 0 Å². The Kier molecular flexibility index (Phi) is 3.31. The van der Waals surface area contributed by atoms with Crippen LogP contribution >= 0.6 is 11.3 Å². The van der Waals surface area contributed by atoms with Crippen LogP contribution in [0.25, 0.3) is 10.6 Å². The first-order valence-corrected chi connectivity index (χ1v) is 6.10. The lowest BCUT2D eigenvalue weighted by Crippen LogP contribution is -2.11. The van der Waals surface area contributed by atoms with Gasteiger partial charge in [0.1, 0.15) is 10.0 Å². The zero-order valence-electron chi connectivity index (χ0n) is 9.69. The second-order valence-electron chi connectivity index (χ2n) is 3.83. The van der Waals surface area contributed by atoms with E-state index in [0.29, 0.717) is 0 Å². The monoisotopic (exact) mass is 233 g/mol. The van der Waals surface area contributed by atoms with Crippen molar-refractivity contribution in [3.8, 4) is 10.6 Å². The number of nitrogens with zero attached hydrogens (tertiary/aromatic N) is 2. The molecule has 0 aliphatic heterocycles. The molecule has 16 heavy (non-hydrogen) atoms. The minimum atomic E-state index is 0.260. The van der Waals surface area contributed by atoms with E-state index in [4.69, 9.17) is 0 Å². The van der Waals surface area contributed by atoms with Gasteiger partial charge in [0.05, 0.1) is 6.04 Å². The Morgan fingerprint density at radius 1 is 1.31 bits per heavy atom. The van der Waals surface area contributed by atoms with Crippen LogP contribution in [0.2, 0.25) is 0 Å². The lowest BCUT2D eigenvalue weighted by molar-refractivity contribution is 0.640. The van der Waals surface area contributed by atoms with Crippen LogP contribution in [-0.4, -0.2) is 17.2 Å². The molecule has 0 radical (unpaired) electrons. The summed E-state index contributed by atoms with van der Waals surface area (Å²) in [5.41, 5.74) is 2.39. The van der Waals surface area contributed by atoms with Crippen molar-refractivity contribution in [2.24, 2.45) is 0 Å². The summed E-state index contributed by atoms with van der Waals surface area (Å²) in [6.07, 6.45) is 0. The molecule has 3 nitrogen and oxygen atoms in total. The summed E-state index contributed by atoms with van der Waals surface area (Å²) in [7, 11) is 1.93. The number of benzene rings is 1. The Morgan fingerprint density at radius 2 is 2.12 bits per heavy atom. The molecule has 4 heteroatoms. The van der Waals surface area contributed by atoms with E-state index in [0.717, 1.165) is 15.6 Å². The van der Waals surface area contributed by atoms with Gasteiger partial charge in [-0.1, -0.05) is 35.1 Å². The largest absolute Gasteiger partial charge is 0.311 e. The van der Waals surface area contributed by atoms with Gasteiger partial charge in [-0.2, -0.15) is 0 Å². The normalized spacial score (nSPS) is 12.7. The highest BCUT2D eigenvalue weighted by Crippen LogP contribution is 2.26. The molecule has 2 aromatic rings. The van der Waals surface area contributed by atoms with E-state index < -0.39 is 0 Å². The summed E-state index contributed by atoms with van der Waals surface area (Å²) in [6.45, 7) is 4.17. The van der Waals surface area contributed by atoms with E-state index in [2.05, 4.69) is 47.6 Å². The van der Waals surface area contributed by atoms with Gasteiger partial charge in [0.25, 0.3) is 0 Å². The number of aryl methyl sites for hydroxylation is 1. The van der Waals surface area contributed by atoms with Gasteiger partial charge in [0, 0.05) is 5.56 Å². The molecular formula is C12H15N3S. The first-order valence-electron chi connectivity index (χ1n) is 5.28.